The Hall–Kier alpha value is -0.210. The highest BCUT2D eigenvalue weighted by Gasteiger charge is 2.02. The van der Waals surface area contributed by atoms with Crippen molar-refractivity contribution < 1.29 is 26.6 Å². The van der Waals surface area contributed by atoms with Crippen LogP contribution in [-0.2, 0) is 24.1 Å². The SMILES string of the molecule is CC(C)COCCOCCOS(=O)(=O)O. The molecule has 0 spiro atoms. The minimum absolute atomic E-state index is 0.102. The molecule has 0 rings (SSSR count). The van der Waals surface area contributed by atoms with E-state index in [1.807, 2.05) is 13.8 Å². The van der Waals surface area contributed by atoms with Gasteiger partial charge in [-0.2, -0.15) is 8.42 Å². The first-order valence-electron chi connectivity index (χ1n) is 4.69. The van der Waals surface area contributed by atoms with E-state index in [1.54, 1.807) is 0 Å². The van der Waals surface area contributed by atoms with Gasteiger partial charge in [0.1, 0.15) is 0 Å². The largest absolute Gasteiger partial charge is 0.397 e. The summed E-state index contributed by atoms with van der Waals surface area (Å²) >= 11 is 0. The summed E-state index contributed by atoms with van der Waals surface area (Å²) in [4.78, 5) is 0. The Kier molecular flexibility index (Phi) is 7.89. The third-order valence-corrected chi connectivity index (χ3v) is 1.75. The van der Waals surface area contributed by atoms with Crippen LogP contribution in [0.15, 0.2) is 0 Å². The maximum absolute atomic E-state index is 10.1. The van der Waals surface area contributed by atoms with Crippen molar-refractivity contribution in [3.63, 3.8) is 0 Å². The highest BCUT2D eigenvalue weighted by Crippen LogP contribution is 1.92. The lowest BCUT2D eigenvalue weighted by molar-refractivity contribution is 0.0278. The predicted octanol–water partition coefficient (Wildman–Crippen LogP) is 0.495. The first kappa shape index (κ1) is 14.8. The molecule has 0 aliphatic heterocycles. The van der Waals surface area contributed by atoms with Crippen molar-refractivity contribution in [3.8, 4) is 0 Å². The molecule has 7 heteroatoms. The van der Waals surface area contributed by atoms with Gasteiger partial charge in [0.2, 0.25) is 0 Å². The van der Waals surface area contributed by atoms with Crippen LogP contribution in [-0.4, -0.2) is 46.0 Å². The molecule has 1 N–H and O–H groups in total. The molecule has 0 aromatic heterocycles. The van der Waals surface area contributed by atoms with E-state index in [0.717, 1.165) is 0 Å². The van der Waals surface area contributed by atoms with Gasteiger partial charge in [0.15, 0.2) is 0 Å². The third kappa shape index (κ3) is 13.8. The summed E-state index contributed by atoms with van der Waals surface area (Å²) in [6.07, 6.45) is 0. The second-order valence-corrected chi connectivity index (χ2v) is 4.42. The van der Waals surface area contributed by atoms with Gasteiger partial charge in [0, 0.05) is 6.61 Å². The molecule has 0 bridgehead atoms. The number of ether oxygens (including phenoxy) is 2. The summed E-state index contributed by atoms with van der Waals surface area (Å²) in [5.41, 5.74) is 0. The van der Waals surface area contributed by atoms with Crippen LogP contribution in [0.3, 0.4) is 0 Å². The monoisotopic (exact) mass is 242 g/mol. The van der Waals surface area contributed by atoms with Crippen molar-refractivity contribution in [1.29, 1.82) is 0 Å². The molecule has 0 radical (unpaired) electrons. The Morgan fingerprint density at radius 1 is 1.07 bits per heavy atom. The van der Waals surface area contributed by atoms with Gasteiger partial charge >= 0.3 is 10.4 Å². The molecule has 0 heterocycles. The van der Waals surface area contributed by atoms with Crippen molar-refractivity contribution in [1.82, 2.24) is 0 Å². The van der Waals surface area contributed by atoms with Crippen molar-refractivity contribution in [2.24, 2.45) is 5.92 Å². The van der Waals surface area contributed by atoms with Crippen molar-refractivity contribution in [2.45, 2.75) is 13.8 Å². The van der Waals surface area contributed by atoms with Crippen molar-refractivity contribution in [2.75, 3.05) is 33.0 Å². The second kappa shape index (κ2) is 8.00. The molecule has 0 fully saturated rings. The number of rotatable bonds is 9. The van der Waals surface area contributed by atoms with Crippen molar-refractivity contribution in [3.05, 3.63) is 0 Å². The van der Waals surface area contributed by atoms with Crippen LogP contribution < -0.4 is 0 Å². The Labute approximate surface area is 90.5 Å². The average Bonchev–Trinajstić information content (AvgIpc) is 2.07. The Balaban J connectivity index is 3.12. The summed E-state index contributed by atoms with van der Waals surface area (Å²) in [5, 5.41) is 0. The van der Waals surface area contributed by atoms with Crippen LogP contribution in [0.25, 0.3) is 0 Å². The van der Waals surface area contributed by atoms with Gasteiger partial charge in [-0.1, -0.05) is 13.8 Å². The molecule has 6 nitrogen and oxygen atoms in total. The van der Waals surface area contributed by atoms with Gasteiger partial charge < -0.3 is 9.47 Å². The quantitative estimate of drug-likeness (QED) is 0.468. The van der Waals surface area contributed by atoms with Crippen LogP contribution in [0.2, 0.25) is 0 Å². The van der Waals surface area contributed by atoms with E-state index in [9.17, 15) is 8.42 Å². The zero-order valence-corrected chi connectivity index (χ0v) is 9.83. The number of hydrogen-bond acceptors (Lipinski definition) is 5. The standard InChI is InChI=1S/C8H18O6S/c1-8(2)7-13-4-3-12-5-6-14-15(9,10)11/h8H,3-7H2,1-2H3,(H,9,10,11). The molecule has 0 saturated carbocycles. The Morgan fingerprint density at radius 2 is 1.60 bits per heavy atom. The maximum atomic E-state index is 10.1. The third-order valence-electron chi connectivity index (χ3n) is 1.28. The molecule has 0 aromatic carbocycles. The fourth-order valence-electron chi connectivity index (χ4n) is 0.737. The minimum Gasteiger partial charge on any atom is -0.379 e. The smallest absolute Gasteiger partial charge is 0.379 e. The van der Waals surface area contributed by atoms with E-state index in [2.05, 4.69) is 4.18 Å². The molecule has 15 heavy (non-hydrogen) atoms. The summed E-state index contributed by atoms with van der Waals surface area (Å²) in [5.74, 6) is 0.480. The van der Waals surface area contributed by atoms with Gasteiger partial charge in [0.05, 0.1) is 26.4 Å². The first-order chi connectivity index (χ1) is 6.92. The predicted molar refractivity (Wildman–Crippen MR) is 54.0 cm³/mol. The van der Waals surface area contributed by atoms with E-state index in [4.69, 9.17) is 14.0 Å². The molecule has 0 saturated heterocycles. The molecule has 0 unspecified atom stereocenters. The Bertz CT molecular complexity index is 236. The molecule has 0 aliphatic rings. The summed E-state index contributed by atoms with van der Waals surface area (Å²) in [6, 6.07) is 0. The maximum Gasteiger partial charge on any atom is 0.397 e. The normalized spacial score (nSPS) is 12.3. The fourth-order valence-corrected chi connectivity index (χ4v) is 1.02. The van der Waals surface area contributed by atoms with Crippen molar-refractivity contribution >= 4 is 10.4 Å². The lowest BCUT2D eigenvalue weighted by Crippen LogP contribution is -2.13. The average molecular weight is 242 g/mol. The van der Waals surface area contributed by atoms with E-state index in [0.29, 0.717) is 25.7 Å². The topological polar surface area (TPSA) is 82.1 Å². The second-order valence-electron chi connectivity index (χ2n) is 3.33. The van der Waals surface area contributed by atoms with Crippen LogP contribution in [0.4, 0.5) is 0 Å². The molecule has 92 valence electrons. The van der Waals surface area contributed by atoms with E-state index in [-0.39, 0.29) is 13.2 Å². The van der Waals surface area contributed by atoms with Gasteiger partial charge in [0.25, 0.3) is 0 Å². The molecule has 0 atom stereocenters. The highest BCUT2D eigenvalue weighted by atomic mass is 32.3. The van der Waals surface area contributed by atoms with Crippen LogP contribution in [0.5, 0.6) is 0 Å². The van der Waals surface area contributed by atoms with E-state index < -0.39 is 10.4 Å². The summed E-state index contributed by atoms with van der Waals surface area (Å²) < 4.78 is 42.6. The lowest BCUT2D eigenvalue weighted by atomic mass is 10.2. The van der Waals surface area contributed by atoms with Gasteiger partial charge in [-0.25, -0.2) is 4.18 Å². The van der Waals surface area contributed by atoms with Crippen LogP contribution >= 0.6 is 0 Å². The molecule has 0 amide bonds. The molecule has 0 aromatic rings. The summed E-state index contributed by atoms with van der Waals surface area (Å²) in [7, 11) is -4.34. The molecular formula is C8H18O6S. The fraction of sp³-hybridized carbons (Fsp3) is 1.00. The molecule has 0 aliphatic carbocycles. The van der Waals surface area contributed by atoms with Gasteiger partial charge in [-0.05, 0) is 5.92 Å². The summed E-state index contributed by atoms with van der Waals surface area (Å²) in [6.45, 7) is 5.51. The van der Waals surface area contributed by atoms with Crippen LogP contribution in [0, 0.1) is 5.92 Å². The van der Waals surface area contributed by atoms with E-state index in [1.165, 1.54) is 0 Å². The van der Waals surface area contributed by atoms with Gasteiger partial charge in [-0.3, -0.25) is 4.55 Å². The lowest BCUT2D eigenvalue weighted by Gasteiger charge is -2.07. The zero-order chi connectivity index (χ0) is 11.7. The molecular weight excluding hydrogens is 224 g/mol. The minimum atomic E-state index is -4.34. The number of hydrogen-bond donors (Lipinski definition) is 1. The van der Waals surface area contributed by atoms with Gasteiger partial charge in [-0.15, -0.1) is 0 Å². The Morgan fingerprint density at radius 3 is 2.13 bits per heavy atom. The highest BCUT2D eigenvalue weighted by molar-refractivity contribution is 7.80. The van der Waals surface area contributed by atoms with E-state index >= 15 is 0 Å². The first-order valence-corrected chi connectivity index (χ1v) is 6.05. The van der Waals surface area contributed by atoms with Crippen LogP contribution in [0.1, 0.15) is 13.8 Å². The zero-order valence-electron chi connectivity index (χ0n) is 9.01.